The van der Waals surface area contributed by atoms with Crippen molar-refractivity contribution < 1.29 is 4.79 Å². The Hall–Kier alpha value is -1.95. The predicted octanol–water partition coefficient (Wildman–Crippen LogP) is 4.61. The number of nitrogens with zero attached hydrogens (tertiary/aromatic N) is 3. The van der Waals surface area contributed by atoms with Gasteiger partial charge >= 0.3 is 6.03 Å². The molecule has 4 rings (SSSR count). The number of aromatic nitrogens is 2. The van der Waals surface area contributed by atoms with Crippen molar-refractivity contribution in [2.24, 2.45) is 0 Å². The summed E-state index contributed by atoms with van der Waals surface area (Å²) in [6.45, 7) is 1.54. The second kappa shape index (κ2) is 7.52. The van der Waals surface area contributed by atoms with Crippen LogP contribution in [0.4, 0.5) is 10.5 Å². The monoisotopic (exact) mass is 356 g/mol. The normalized spacial score (nSPS) is 21.4. The number of carbonyl (C=O) groups is 1. The molecule has 132 valence electrons. The zero-order valence-electron chi connectivity index (χ0n) is 14.4. The van der Waals surface area contributed by atoms with Crippen LogP contribution in [0.2, 0.25) is 0 Å². The van der Waals surface area contributed by atoms with E-state index >= 15 is 0 Å². The number of para-hydroxylation sites is 1. The van der Waals surface area contributed by atoms with E-state index in [-0.39, 0.29) is 6.03 Å². The van der Waals surface area contributed by atoms with Crippen LogP contribution >= 0.6 is 11.3 Å². The third-order valence-electron chi connectivity index (χ3n) is 5.24. The number of nitrogens with one attached hydrogen (secondary N) is 1. The molecule has 1 atom stereocenters. The summed E-state index contributed by atoms with van der Waals surface area (Å²) >= 11 is 1.77. The first-order valence-corrected chi connectivity index (χ1v) is 10.1. The molecule has 2 aromatic rings. The minimum Gasteiger partial charge on any atom is -0.324 e. The van der Waals surface area contributed by atoms with E-state index in [1.54, 1.807) is 11.3 Å². The Morgan fingerprint density at radius 2 is 1.68 bits per heavy atom. The van der Waals surface area contributed by atoms with Gasteiger partial charge in [-0.05, 0) is 37.8 Å². The fourth-order valence-electron chi connectivity index (χ4n) is 3.84. The van der Waals surface area contributed by atoms with Crippen molar-refractivity contribution in [2.75, 3.05) is 18.4 Å². The fourth-order valence-corrected chi connectivity index (χ4v) is 4.98. The van der Waals surface area contributed by atoms with E-state index in [9.17, 15) is 4.79 Å². The number of carbonyl (C=O) groups excluding carboxylic acids is 1. The van der Waals surface area contributed by atoms with Gasteiger partial charge in [-0.15, -0.1) is 21.5 Å². The Kier molecular flexibility index (Phi) is 4.97. The fraction of sp³-hybridized carbons (Fsp3) is 0.526. The van der Waals surface area contributed by atoms with Gasteiger partial charge in [0.25, 0.3) is 0 Å². The summed E-state index contributed by atoms with van der Waals surface area (Å²) in [6, 6.07) is 9.62. The Morgan fingerprint density at radius 3 is 2.44 bits per heavy atom. The summed E-state index contributed by atoms with van der Waals surface area (Å²) in [5.41, 5.74) is 0.842. The SMILES string of the molecule is O=C(Nc1ccccc1)N1CCCC(c2nnc(C3CCCC3)s2)C1. The lowest BCUT2D eigenvalue weighted by Crippen LogP contribution is -2.41. The molecular formula is C19H24N4OS. The first kappa shape index (κ1) is 16.5. The highest BCUT2D eigenvalue weighted by atomic mass is 32.1. The zero-order chi connectivity index (χ0) is 17.1. The number of hydrogen-bond donors (Lipinski definition) is 1. The lowest BCUT2D eigenvalue weighted by Gasteiger charge is -2.31. The van der Waals surface area contributed by atoms with Crippen molar-refractivity contribution >= 4 is 23.1 Å². The molecule has 1 aliphatic carbocycles. The molecule has 2 heterocycles. The van der Waals surface area contributed by atoms with Gasteiger partial charge in [0.15, 0.2) is 0 Å². The Labute approximate surface area is 152 Å². The van der Waals surface area contributed by atoms with Crippen LogP contribution in [0.25, 0.3) is 0 Å². The molecule has 2 fully saturated rings. The molecule has 1 aromatic carbocycles. The largest absolute Gasteiger partial charge is 0.324 e. The molecule has 1 N–H and O–H groups in total. The van der Waals surface area contributed by atoms with Crippen LogP contribution in [0.3, 0.4) is 0 Å². The topological polar surface area (TPSA) is 58.1 Å². The second-order valence-corrected chi connectivity index (χ2v) is 8.08. The Morgan fingerprint density at radius 1 is 1.00 bits per heavy atom. The van der Waals surface area contributed by atoms with Gasteiger partial charge in [-0.25, -0.2) is 4.79 Å². The van der Waals surface area contributed by atoms with Crippen molar-refractivity contribution in [3.8, 4) is 0 Å². The summed E-state index contributed by atoms with van der Waals surface area (Å²) in [5, 5.41) is 14.2. The van der Waals surface area contributed by atoms with Gasteiger partial charge in [0.1, 0.15) is 10.0 Å². The third-order valence-corrected chi connectivity index (χ3v) is 6.49. The van der Waals surface area contributed by atoms with Crippen LogP contribution in [-0.4, -0.2) is 34.2 Å². The molecule has 6 heteroatoms. The number of benzene rings is 1. The summed E-state index contributed by atoms with van der Waals surface area (Å²) in [4.78, 5) is 14.5. The van der Waals surface area contributed by atoms with Crippen molar-refractivity contribution in [2.45, 2.75) is 50.4 Å². The van der Waals surface area contributed by atoms with Gasteiger partial charge in [-0.2, -0.15) is 0 Å². The first-order valence-electron chi connectivity index (χ1n) is 9.24. The Bertz CT molecular complexity index is 711. The average molecular weight is 356 g/mol. The number of likely N-dealkylation sites (tertiary alicyclic amines) is 1. The van der Waals surface area contributed by atoms with E-state index in [4.69, 9.17) is 0 Å². The lowest BCUT2D eigenvalue weighted by molar-refractivity contribution is 0.192. The quantitative estimate of drug-likeness (QED) is 0.874. The van der Waals surface area contributed by atoms with Crippen molar-refractivity contribution in [3.63, 3.8) is 0 Å². The van der Waals surface area contributed by atoms with E-state index in [2.05, 4.69) is 15.5 Å². The van der Waals surface area contributed by atoms with E-state index in [0.29, 0.717) is 11.8 Å². The van der Waals surface area contributed by atoms with Gasteiger partial charge in [-0.3, -0.25) is 0 Å². The van der Waals surface area contributed by atoms with Gasteiger partial charge in [-0.1, -0.05) is 31.0 Å². The number of rotatable bonds is 3. The second-order valence-electron chi connectivity index (χ2n) is 7.04. The van der Waals surface area contributed by atoms with Gasteiger partial charge < -0.3 is 10.2 Å². The van der Waals surface area contributed by atoms with Crippen molar-refractivity contribution in [1.82, 2.24) is 15.1 Å². The molecule has 0 bridgehead atoms. The van der Waals surface area contributed by atoms with Gasteiger partial charge in [0.05, 0.1) is 0 Å². The predicted molar refractivity (Wildman–Crippen MR) is 100 cm³/mol. The minimum absolute atomic E-state index is 0.0172. The molecule has 2 amide bonds. The molecule has 1 aliphatic heterocycles. The number of piperidine rings is 1. The van der Waals surface area contributed by atoms with E-state index in [1.165, 1.54) is 30.7 Å². The third kappa shape index (κ3) is 3.84. The van der Waals surface area contributed by atoms with Crippen molar-refractivity contribution in [1.29, 1.82) is 0 Å². The molecule has 0 spiro atoms. The zero-order valence-corrected chi connectivity index (χ0v) is 15.2. The van der Waals surface area contributed by atoms with Crippen LogP contribution in [0, 0.1) is 0 Å². The average Bonchev–Trinajstić information content (AvgIpc) is 3.34. The molecule has 5 nitrogen and oxygen atoms in total. The molecule has 25 heavy (non-hydrogen) atoms. The highest BCUT2D eigenvalue weighted by Crippen LogP contribution is 2.38. The van der Waals surface area contributed by atoms with E-state index < -0.39 is 0 Å². The molecular weight excluding hydrogens is 332 g/mol. The maximum Gasteiger partial charge on any atom is 0.321 e. The van der Waals surface area contributed by atoms with Crippen LogP contribution < -0.4 is 5.32 Å². The van der Waals surface area contributed by atoms with Gasteiger partial charge in [0.2, 0.25) is 0 Å². The Balaban J connectivity index is 1.39. The lowest BCUT2D eigenvalue weighted by atomic mass is 9.99. The van der Waals surface area contributed by atoms with Crippen LogP contribution in [0.1, 0.15) is 60.4 Å². The summed E-state index contributed by atoms with van der Waals surface area (Å²) < 4.78 is 0. The maximum absolute atomic E-state index is 12.5. The smallest absolute Gasteiger partial charge is 0.321 e. The van der Waals surface area contributed by atoms with Crippen LogP contribution in [0.15, 0.2) is 30.3 Å². The number of hydrogen-bond acceptors (Lipinski definition) is 4. The van der Waals surface area contributed by atoms with Crippen LogP contribution in [0.5, 0.6) is 0 Å². The minimum atomic E-state index is -0.0172. The number of amides is 2. The number of anilines is 1. The standard InChI is InChI=1S/C19H24N4OS/c24-19(20-16-10-2-1-3-11-16)23-12-6-9-15(13-23)18-22-21-17(25-18)14-7-4-5-8-14/h1-3,10-11,14-15H,4-9,12-13H2,(H,20,24). The summed E-state index contributed by atoms with van der Waals surface area (Å²) in [6.07, 6.45) is 7.25. The van der Waals surface area contributed by atoms with Crippen molar-refractivity contribution in [3.05, 3.63) is 40.3 Å². The molecule has 1 unspecified atom stereocenters. The highest BCUT2D eigenvalue weighted by molar-refractivity contribution is 7.11. The molecule has 0 radical (unpaired) electrons. The molecule has 1 aromatic heterocycles. The van der Waals surface area contributed by atoms with E-state index in [0.717, 1.165) is 36.6 Å². The van der Waals surface area contributed by atoms with Gasteiger partial charge in [0, 0.05) is 30.6 Å². The number of urea groups is 1. The summed E-state index contributed by atoms with van der Waals surface area (Å²) in [7, 11) is 0. The molecule has 2 aliphatic rings. The molecule has 1 saturated carbocycles. The first-order chi connectivity index (χ1) is 12.3. The van der Waals surface area contributed by atoms with Crippen LogP contribution in [-0.2, 0) is 0 Å². The highest BCUT2D eigenvalue weighted by Gasteiger charge is 2.29. The summed E-state index contributed by atoms with van der Waals surface area (Å²) in [5.74, 6) is 0.940. The van der Waals surface area contributed by atoms with E-state index in [1.807, 2.05) is 35.2 Å². The molecule has 1 saturated heterocycles. The maximum atomic E-state index is 12.5.